The second-order valence-corrected chi connectivity index (χ2v) is 8.12. The number of carbonyl (C=O) groups excluding carboxylic acids is 1. The van der Waals surface area contributed by atoms with Crippen molar-refractivity contribution in [1.82, 2.24) is 9.80 Å². The van der Waals surface area contributed by atoms with E-state index in [1.165, 1.54) is 18.4 Å². The van der Waals surface area contributed by atoms with Crippen molar-refractivity contribution >= 4 is 5.91 Å². The molecule has 26 heavy (non-hydrogen) atoms. The van der Waals surface area contributed by atoms with E-state index in [-0.39, 0.29) is 12.5 Å². The molecule has 0 unspecified atom stereocenters. The van der Waals surface area contributed by atoms with Crippen LogP contribution in [0, 0.1) is 26.7 Å². The fraction of sp³-hybridized carbons (Fsp3) is 0.667. The Labute approximate surface area is 156 Å². The summed E-state index contributed by atoms with van der Waals surface area (Å²) in [5.41, 5.74) is 3.39. The van der Waals surface area contributed by atoms with Crippen molar-refractivity contribution < 1.29 is 14.3 Å². The highest BCUT2D eigenvalue weighted by Crippen LogP contribution is 2.38. The van der Waals surface area contributed by atoms with Gasteiger partial charge in [0.05, 0.1) is 19.3 Å². The van der Waals surface area contributed by atoms with E-state index in [4.69, 9.17) is 9.47 Å². The molecule has 1 aromatic carbocycles. The third-order valence-electron chi connectivity index (χ3n) is 6.29. The highest BCUT2D eigenvalue weighted by Gasteiger charge is 2.43. The zero-order chi connectivity index (χ0) is 18.3. The minimum absolute atomic E-state index is 0.0819. The van der Waals surface area contributed by atoms with Gasteiger partial charge in [-0.2, -0.15) is 0 Å². The van der Waals surface area contributed by atoms with Crippen LogP contribution in [0.4, 0.5) is 0 Å². The van der Waals surface area contributed by atoms with Gasteiger partial charge in [-0.05, 0) is 56.2 Å². The van der Waals surface area contributed by atoms with E-state index in [9.17, 15) is 4.79 Å². The highest BCUT2D eigenvalue weighted by atomic mass is 16.5. The summed E-state index contributed by atoms with van der Waals surface area (Å²) in [5, 5.41) is 0. The van der Waals surface area contributed by atoms with Gasteiger partial charge in [0.1, 0.15) is 5.75 Å². The van der Waals surface area contributed by atoms with Crippen molar-refractivity contribution in [3.8, 4) is 5.75 Å². The van der Waals surface area contributed by atoms with Gasteiger partial charge in [-0.15, -0.1) is 0 Å². The van der Waals surface area contributed by atoms with E-state index in [0.717, 1.165) is 55.6 Å². The molecule has 5 heteroatoms. The fourth-order valence-corrected chi connectivity index (χ4v) is 4.36. The van der Waals surface area contributed by atoms with Gasteiger partial charge in [0.15, 0.2) is 6.61 Å². The van der Waals surface area contributed by atoms with Gasteiger partial charge in [-0.1, -0.05) is 12.1 Å². The maximum absolute atomic E-state index is 12.7. The van der Waals surface area contributed by atoms with Crippen LogP contribution in [0.5, 0.6) is 5.75 Å². The van der Waals surface area contributed by atoms with E-state index in [1.54, 1.807) is 0 Å². The Kier molecular flexibility index (Phi) is 4.93. The van der Waals surface area contributed by atoms with Crippen LogP contribution in [0.15, 0.2) is 12.1 Å². The molecule has 2 saturated heterocycles. The number of ether oxygens (including phenoxy) is 2. The predicted molar refractivity (Wildman–Crippen MR) is 101 cm³/mol. The number of aryl methyl sites for hydroxylation is 2. The van der Waals surface area contributed by atoms with E-state index in [1.807, 2.05) is 11.8 Å². The standard InChI is InChI=1S/C21H30N2O3/c1-14-4-5-15(2)21(16(14)3)26-13-20(24)22-8-9-23-18(10-22)11-25-12-19(23)17-6-7-17/h4-5,17-19H,6-13H2,1-3H3/t18-,19-/m1/s1. The summed E-state index contributed by atoms with van der Waals surface area (Å²) in [6.45, 7) is 10.4. The molecule has 0 bridgehead atoms. The van der Waals surface area contributed by atoms with Gasteiger partial charge in [0, 0.05) is 25.7 Å². The molecule has 0 N–H and O–H groups in total. The summed E-state index contributed by atoms with van der Waals surface area (Å²) in [5.74, 6) is 1.75. The number of amides is 1. The second-order valence-electron chi connectivity index (χ2n) is 8.12. The summed E-state index contributed by atoms with van der Waals surface area (Å²) >= 11 is 0. The van der Waals surface area contributed by atoms with Gasteiger partial charge >= 0.3 is 0 Å². The predicted octanol–water partition coefficient (Wildman–Crippen LogP) is 2.31. The molecule has 142 valence electrons. The molecule has 1 aromatic rings. The van der Waals surface area contributed by atoms with Gasteiger partial charge in [-0.25, -0.2) is 0 Å². The zero-order valence-corrected chi connectivity index (χ0v) is 16.2. The summed E-state index contributed by atoms with van der Waals surface area (Å²) in [7, 11) is 0. The van der Waals surface area contributed by atoms with Crippen LogP contribution < -0.4 is 4.74 Å². The normalized spacial score (nSPS) is 26.5. The molecule has 2 atom stereocenters. The Morgan fingerprint density at radius 2 is 1.92 bits per heavy atom. The van der Waals surface area contributed by atoms with Gasteiger partial charge in [0.25, 0.3) is 5.91 Å². The second kappa shape index (κ2) is 7.20. The van der Waals surface area contributed by atoms with E-state index in [0.29, 0.717) is 12.1 Å². The zero-order valence-electron chi connectivity index (χ0n) is 16.2. The summed E-state index contributed by atoms with van der Waals surface area (Å²) in [6, 6.07) is 5.06. The first-order chi connectivity index (χ1) is 12.5. The molecule has 4 rings (SSSR count). The number of morpholine rings is 1. The van der Waals surface area contributed by atoms with Crippen LogP contribution >= 0.6 is 0 Å². The third kappa shape index (κ3) is 3.47. The molecule has 0 aromatic heterocycles. The fourth-order valence-electron chi connectivity index (χ4n) is 4.36. The molecule has 1 aliphatic carbocycles. The first-order valence-corrected chi connectivity index (χ1v) is 9.85. The molecular formula is C21H30N2O3. The summed E-state index contributed by atoms with van der Waals surface area (Å²) in [4.78, 5) is 17.3. The lowest BCUT2D eigenvalue weighted by Crippen LogP contribution is -2.63. The highest BCUT2D eigenvalue weighted by molar-refractivity contribution is 5.78. The SMILES string of the molecule is Cc1ccc(C)c(OCC(=O)N2CCN3[C@@H](COC[C@@H]3C3CC3)C2)c1C. The maximum Gasteiger partial charge on any atom is 0.260 e. The Morgan fingerprint density at radius 3 is 2.69 bits per heavy atom. The number of hydrogen-bond acceptors (Lipinski definition) is 4. The third-order valence-corrected chi connectivity index (χ3v) is 6.29. The average molecular weight is 358 g/mol. The Bertz CT molecular complexity index is 686. The monoisotopic (exact) mass is 358 g/mol. The number of carbonyl (C=O) groups is 1. The molecule has 3 aliphatic rings. The van der Waals surface area contributed by atoms with Crippen molar-refractivity contribution in [2.75, 3.05) is 39.5 Å². The maximum atomic E-state index is 12.7. The van der Waals surface area contributed by atoms with Crippen molar-refractivity contribution in [2.45, 2.75) is 45.7 Å². The molecular weight excluding hydrogens is 328 g/mol. The molecule has 0 spiro atoms. The first-order valence-electron chi connectivity index (χ1n) is 9.85. The Morgan fingerprint density at radius 1 is 1.15 bits per heavy atom. The minimum Gasteiger partial charge on any atom is -0.483 e. The van der Waals surface area contributed by atoms with Crippen molar-refractivity contribution in [2.24, 2.45) is 5.92 Å². The van der Waals surface area contributed by atoms with Crippen LogP contribution in [-0.2, 0) is 9.53 Å². The van der Waals surface area contributed by atoms with Crippen LogP contribution in [0.3, 0.4) is 0 Å². The smallest absolute Gasteiger partial charge is 0.260 e. The lowest BCUT2D eigenvalue weighted by Gasteiger charge is -2.48. The molecule has 1 amide bonds. The average Bonchev–Trinajstić information content (AvgIpc) is 3.49. The lowest BCUT2D eigenvalue weighted by molar-refractivity contribution is -0.142. The van der Waals surface area contributed by atoms with Gasteiger partial charge in [0.2, 0.25) is 0 Å². The summed E-state index contributed by atoms with van der Waals surface area (Å²) < 4.78 is 11.8. The van der Waals surface area contributed by atoms with Crippen LogP contribution in [-0.4, -0.2) is 67.2 Å². The quantitative estimate of drug-likeness (QED) is 0.828. The first kappa shape index (κ1) is 17.8. The number of piperazine rings is 1. The molecule has 3 fully saturated rings. The minimum atomic E-state index is 0.0819. The number of fused-ring (bicyclic) bond motifs is 1. The molecule has 2 heterocycles. The van der Waals surface area contributed by atoms with Crippen molar-refractivity contribution in [1.29, 1.82) is 0 Å². The summed E-state index contributed by atoms with van der Waals surface area (Å²) in [6.07, 6.45) is 2.67. The van der Waals surface area contributed by atoms with Crippen molar-refractivity contribution in [3.63, 3.8) is 0 Å². The molecule has 1 saturated carbocycles. The van der Waals surface area contributed by atoms with Crippen LogP contribution in [0.25, 0.3) is 0 Å². The largest absolute Gasteiger partial charge is 0.483 e. The Hall–Kier alpha value is -1.59. The number of hydrogen-bond donors (Lipinski definition) is 0. The van der Waals surface area contributed by atoms with E-state index in [2.05, 4.69) is 30.9 Å². The van der Waals surface area contributed by atoms with Gasteiger partial charge in [-0.3, -0.25) is 9.69 Å². The number of nitrogens with zero attached hydrogens (tertiary/aromatic N) is 2. The lowest BCUT2D eigenvalue weighted by atomic mass is 10.0. The topological polar surface area (TPSA) is 42.0 Å². The Balaban J connectivity index is 1.35. The van der Waals surface area contributed by atoms with Crippen molar-refractivity contribution in [3.05, 3.63) is 28.8 Å². The van der Waals surface area contributed by atoms with Crippen LogP contribution in [0.2, 0.25) is 0 Å². The van der Waals surface area contributed by atoms with E-state index >= 15 is 0 Å². The van der Waals surface area contributed by atoms with E-state index < -0.39 is 0 Å². The molecule has 0 radical (unpaired) electrons. The van der Waals surface area contributed by atoms with Gasteiger partial charge < -0.3 is 14.4 Å². The number of rotatable bonds is 4. The van der Waals surface area contributed by atoms with Crippen LogP contribution in [0.1, 0.15) is 29.5 Å². The molecule has 5 nitrogen and oxygen atoms in total. The molecule has 2 aliphatic heterocycles. The number of benzene rings is 1.